The van der Waals surface area contributed by atoms with Crippen molar-refractivity contribution in [2.45, 2.75) is 6.92 Å². The van der Waals surface area contributed by atoms with Gasteiger partial charge in [-0.3, -0.25) is 9.59 Å². The lowest BCUT2D eigenvalue weighted by atomic mass is 10.1. The molecule has 0 spiro atoms. The number of hydrogen-bond donors (Lipinski definition) is 2. The van der Waals surface area contributed by atoms with Crippen LogP contribution in [0.3, 0.4) is 0 Å². The molecule has 168 valence electrons. The van der Waals surface area contributed by atoms with Gasteiger partial charge in [-0.15, -0.1) is 0 Å². The molecule has 0 aliphatic heterocycles. The van der Waals surface area contributed by atoms with E-state index in [1.807, 2.05) is 0 Å². The Balaban J connectivity index is 1.69. The van der Waals surface area contributed by atoms with Crippen molar-refractivity contribution in [1.82, 2.24) is 5.43 Å². The van der Waals surface area contributed by atoms with Crippen LogP contribution in [0.5, 0.6) is 5.75 Å². The molecule has 2 amide bonds. The van der Waals surface area contributed by atoms with E-state index in [9.17, 15) is 18.8 Å². The molecule has 3 rings (SSSR count). The van der Waals surface area contributed by atoms with Crippen molar-refractivity contribution < 1.29 is 23.5 Å². The maximum absolute atomic E-state index is 13.8. The van der Waals surface area contributed by atoms with Crippen molar-refractivity contribution in [2.75, 3.05) is 5.32 Å². The molecule has 0 radical (unpaired) electrons. The van der Waals surface area contributed by atoms with Crippen molar-refractivity contribution in [2.24, 2.45) is 5.10 Å². The number of carbonyl (C=O) groups is 3. The number of hydrogen-bond acceptors (Lipinski definition) is 5. The third kappa shape index (κ3) is 6.47. The molecule has 7 nitrogen and oxygen atoms in total. The number of esters is 1. The van der Waals surface area contributed by atoms with Crippen LogP contribution >= 0.6 is 27.5 Å². The van der Waals surface area contributed by atoms with Crippen LogP contribution in [0.4, 0.5) is 10.1 Å². The highest BCUT2D eigenvalue weighted by Crippen LogP contribution is 2.21. The number of amides is 2. The van der Waals surface area contributed by atoms with E-state index < -0.39 is 23.6 Å². The molecule has 0 aliphatic carbocycles. The number of ether oxygens (including phenoxy) is 1. The number of carbonyl (C=O) groups excluding carboxylic acids is 3. The van der Waals surface area contributed by atoms with Gasteiger partial charge in [0.1, 0.15) is 11.6 Å². The van der Waals surface area contributed by atoms with Gasteiger partial charge >= 0.3 is 17.8 Å². The zero-order chi connectivity index (χ0) is 24.0. The summed E-state index contributed by atoms with van der Waals surface area (Å²) in [5.74, 6) is -3.31. The fraction of sp³-hybridized carbons (Fsp3) is 0.0435. The van der Waals surface area contributed by atoms with Gasteiger partial charge in [-0.25, -0.2) is 14.6 Å². The SMILES string of the molecule is C/C(=N\NC(=O)C(=O)Nc1ccc(Br)cc1F)c1ccccc1OC(=O)c1ccc(Cl)cc1. The first kappa shape index (κ1) is 24.1. The van der Waals surface area contributed by atoms with Crippen LogP contribution in [0.25, 0.3) is 0 Å². The van der Waals surface area contributed by atoms with E-state index in [-0.39, 0.29) is 17.1 Å². The number of halogens is 3. The van der Waals surface area contributed by atoms with Gasteiger partial charge in [-0.05, 0) is 61.5 Å². The van der Waals surface area contributed by atoms with Crippen LogP contribution < -0.4 is 15.5 Å². The quantitative estimate of drug-likeness (QED) is 0.160. The predicted molar refractivity (Wildman–Crippen MR) is 126 cm³/mol. The van der Waals surface area contributed by atoms with Gasteiger partial charge in [-0.1, -0.05) is 39.7 Å². The van der Waals surface area contributed by atoms with Crippen LogP contribution in [-0.4, -0.2) is 23.5 Å². The summed E-state index contributed by atoms with van der Waals surface area (Å²) in [7, 11) is 0. The predicted octanol–water partition coefficient (Wildman–Crippen LogP) is 4.94. The first-order valence-corrected chi connectivity index (χ1v) is 10.6. The molecule has 0 aliphatic rings. The fourth-order valence-electron chi connectivity index (χ4n) is 2.61. The number of benzene rings is 3. The van der Waals surface area contributed by atoms with E-state index in [1.165, 1.54) is 24.3 Å². The number of nitrogens with one attached hydrogen (secondary N) is 2. The molecule has 0 unspecified atom stereocenters. The van der Waals surface area contributed by atoms with Crippen molar-refractivity contribution in [1.29, 1.82) is 0 Å². The molecule has 2 N–H and O–H groups in total. The standard InChI is InChI=1S/C23H16BrClFN3O4/c1-13(28-29-22(31)21(30)27-19-11-8-15(24)12-18(19)26)17-4-2-3-5-20(17)33-23(32)14-6-9-16(25)10-7-14/h2-12H,1H3,(H,27,30)(H,29,31)/b28-13+. The number of anilines is 1. The smallest absolute Gasteiger partial charge is 0.343 e. The summed E-state index contributed by atoms with van der Waals surface area (Å²) in [6.07, 6.45) is 0. The molecule has 0 heterocycles. The van der Waals surface area contributed by atoms with Gasteiger partial charge in [0.25, 0.3) is 0 Å². The lowest BCUT2D eigenvalue weighted by Crippen LogP contribution is -2.33. The van der Waals surface area contributed by atoms with Crippen LogP contribution in [0, 0.1) is 5.82 Å². The largest absolute Gasteiger partial charge is 0.422 e. The Morgan fingerprint density at radius 2 is 1.70 bits per heavy atom. The van der Waals surface area contributed by atoms with E-state index in [4.69, 9.17) is 16.3 Å². The van der Waals surface area contributed by atoms with Gasteiger partial charge in [0.05, 0.1) is 17.0 Å². The summed E-state index contributed by atoms with van der Waals surface area (Å²) in [5, 5.41) is 6.54. The third-order valence-corrected chi connectivity index (χ3v) is 5.02. The number of nitrogens with zero attached hydrogens (tertiary/aromatic N) is 1. The zero-order valence-electron chi connectivity index (χ0n) is 17.1. The summed E-state index contributed by atoms with van der Waals surface area (Å²) in [4.78, 5) is 36.5. The highest BCUT2D eigenvalue weighted by atomic mass is 79.9. The Morgan fingerprint density at radius 1 is 1.00 bits per heavy atom. The van der Waals surface area contributed by atoms with E-state index in [0.29, 0.717) is 20.6 Å². The van der Waals surface area contributed by atoms with Crippen molar-refractivity contribution in [3.63, 3.8) is 0 Å². The maximum atomic E-state index is 13.8. The molecule has 0 saturated heterocycles. The molecule has 3 aromatic rings. The van der Waals surface area contributed by atoms with Gasteiger partial charge < -0.3 is 10.1 Å². The highest BCUT2D eigenvalue weighted by Gasteiger charge is 2.17. The molecule has 33 heavy (non-hydrogen) atoms. The summed E-state index contributed by atoms with van der Waals surface area (Å²) in [6, 6.07) is 16.7. The second-order valence-corrected chi connectivity index (χ2v) is 7.96. The summed E-state index contributed by atoms with van der Waals surface area (Å²) in [5.41, 5.74) is 2.93. The monoisotopic (exact) mass is 531 g/mol. The Labute approximate surface area is 201 Å². The van der Waals surface area contributed by atoms with E-state index >= 15 is 0 Å². The molecule has 0 bridgehead atoms. The minimum atomic E-state index is -1.10. The first-order chi connectivity index (χ1) is 15.7. The van der Waals surface area contributed by atoms with E-state index in [1.54, 1.807) is 43.3 Å². The number of rotatable bonds is 5. The van der Waals surface area contributed by atoms with Crippen molar-refractivity contribution in [3.05, 3.63) is 93.2 Å². The van der Waals surface area contributed by atoms with Crippen molar-refractivity contribution in [3.8, 4) is 5.75 Å². The van der Waals surface area contributed by atoms with Crippen LogP contribution in [-0.2, 0) is 9.59 Å². The van der Waals surface area contributed by atoms with Crippen molar-refractivity contribution >= 4 is 56.7 Å². The molecule has 10 heteroatoms. The van der Waals surface area contributed by atoms with Gasteiger partial charge in [0.15, 0.2) is 0 Å². The fourth-order valence-corrected chi connectivity index (χ4v) is 3.07. The Bertz CT molecular complexity index is 1250. The van der Waals surface area contributed by atoms with E-state index in [2.05, 4.69) is 31.8 Å². The number of hydrazone groups is 1. The molecular weight excluding hydrogens is 517 g/mol. The Hall–Kier alpha value is -3.56. The van der Waals surface area contributed by atoms with Crippen LogP contribution in [0.15, 0.2) is 76.3 Å². The number of para-hydroxylation sites is 1. The highest BCUT2D eigenvalue weighted by molar-refractivity contribution is 9.10. The molecule has 0 atom stereocenters. The Morgan fingerprint density at radius 3 is 2.39 bits per heavy atom. The second-order valence-electron chi connectivity index (χ2n) is 6.61. The minimum absolute atomic E-state index is 0.154. The summed E-state index contributed by atoms with van der Waals surface area (Å²) in [6.45, 7) is 1.56. The van der Waals surface area contributed by atoms with Gasteiger partial charge in [0.2, 0.25) is 0 Å². The second kappa shape index (κ2) is 10.8. The molecule has 0 saturated carbocycles. The summed E-state index contributed by atoms with van der Waals surface area (Å²) >= 11 is 8.94. The molecule has 0 fully saturated rings. The topological polar surface area (TPSA) is 96.9 Å². The maximum Gasteiger partial charge on any atom is 0.343 e. The van der Waals surface area contributed by atoms with Crippen LogP contribution in [0.1, 0.15) is 22.8 Å². The van der Waals surface area contributed by atoms with Crippen LogP contribution in [0.2, 0.25) is 5.02 Å². The average Bonchev–Trinajstić information content (AvgIpc) is 2.79. The van der Waals surface area contributed by atoms with Gasteiger partial charge in [0, 0.05) is 15.1 Å². The van der Waals surface area contributed by atoms with Gasteiger partial charge in [-0.2, -0.15) is 5.10 Å². The molecule has 0 aromatic heterocycles. The first-order valence-electron chi connectivity index (χ1n) is 9.42. The van der Waals surface area contributed by atoms with E-state index in [0.717, 1.165) is 6.07 Å². The summed E-state index contributed by atoms with van der Waals surface area (Å²) < 4.78 is 19.8. The average molecular weight is 533 g/mol. The Kier molecular flexibility index (Phi) is 7.92. The lowest BCUT2D eigenvalue weighted by Gasteiger charge is -2.10. The lowest BCUT2D eigenvalue weighted by molar-refractivity contribution is -0.136. The third-order valence-electron chi connectivity index (χ3n) is 4.27. The normalized spacial score (nSPS) is 11.0. The zero-order valence-corrected chi connectivity index (χ0v) is 19.4. The minimum Gasteiger partial charge on any atom is -0.422 e. The molecule has 3 aromatic carbocycles. The molecular formula is C23H16BrClFN3O4.